The number of hydrogen-bond acceptors (Lipinski definition) is 4. The van der Waals surface area contributed by atoms with Crippen LogP contribution in [0.2, 0.25) is 0 Å². The molecule has 1 aromatic carbocycles. The lowest BCUT2D eigenvalue weighted by atomic mass is 10.0. The molecule has 0 radical (unpaired) electrons. The van der Waals surface area contributed by atoms with Crippen LogP contribution in [0.3, 0.4) is 0 Å². The van der Waals surface area contributed by atoms with Crippen molar-refractivity contribution in [3.05, 3.63) is 82.6 Å². The van der Waals surface area contributed by atoms with E-state index in [1.165, 1.54) is 0 Å². The van der Waals surface area contributed by atoms with E-state index in [2.05, 4.69) is 9.88 Å². The number of ketones is 1. The molecule has 0 spiro atoms. The summed E-state index contributed by atoms with van der Waals surface area (Å²) in [6, 6.07) is 12.9. The monoisotopic (exact) mass is 407 g/mol. The van der Waals surface area contributed by atoms with E-state index >= 15 is 0 Å². The van der Waals surface area contributed by atoms with Gasteiger partial charge in [-0.05, 0) is 63.7 Å². The first kappa shape index (κ1) is 21.6. The Morgan fingerprint density at radius 2 is 1.87 bits per heavy atom. The summed E-state index contributed by atoms with van der Waals surface area (Å²) < 4.78 is 7.57. The van der Waals surface area contributed by atoms with Crippen molar-refractivity contribution in [1.82, 2.24) is 14.8 Å². The van der Waals surface area contributed by atoms with E-state index in [0.717, 1.165) is 28.3 Å². The highest BCUT2D eigenvalue weighted by Crippen LogP contribution is 2.21. The fraction of sp³-hybridized carbons (Fsp3) is 0.333. The van der Waals surface area contributed by atoms with Crippen LogP contribution in [0.4, 0.5) is 0 Å². The summed E-state index contributed by atoms with van der Waals surface area (Å²) in [5, 5.41) is 2.62. The van der Waals surface area contributed by atoms with Gasteiger partial charge in [0.2, 0.25) is 0 Å². The molecule has 3 aromatic rings. The minimum atomic E-state index is -0.277. The second kappa shape index (κ2) is 9.13. The summed E-state index contributed by atoms with van der Waals surface area (Å²) in [5.74, 6) is 0.850. The Kier molecular flexibility index (Phi) is 6.57. The number of carbonyl (C=O) groups is 2. The number of furan rings is 1. The Labute approximate surface area is 177 Å². The quantitative estimate of drug-likeness (QED) is 0.577. The van der Waals surface area contributed by atoms with Crippen molar-refractivity contribution in [2.75, 3.05) is 14.1 Å². The van der Waals surface area contributed by atoms with Gasteiger partial charge in [-0.2, -0.15) is 0 Å². The third-order valence-electron chi connectivity index (χ3n) is 5.65. The lowest BCUT2D eigenvalue weighted by Gasteiger charge is -2.24. The Morgan fingerprint density at radius 1 is 1.17 bits per heavy atom. The maximum Gasteiger partial charge on any atom is 0.251 e. The second-order valence-electron chi connectivity index (χ2n) is 7.68. The van der Waals surface area contributed by atoms with Crippen LogP contribution in [0, 0.1) is 13.8 Å². The molecule has 0 unspecified atom stereocenters. The smallest absolute Gasteiger partial charge is 0.251 e. The molecular formula is C24H29N3O3. The van der Waals surface area contributed by atoms with Gasteiger partial charge in [0.05, 0.1) is 18.8 Å². The molecule has 0 saturated carbocycles. The molecule has 0 aliphatic heterocycles. The molecule has 3 rings (SSSR count). The van der Waals surface area contributed by atoms with Gasteiger partial charge in [-0.3, -0.25) is 14.5 Å². The number of nitrogens with zero attached hydrogens (tertiary/aromatic N) is 2. The van der Waals surface area contributed by atoms with Crippen LogP contribution in [-0.2, 0) is 13.1 Å². The van der Waals surface area contributed by atoms with Crippen LogP contribution in [-0.4, -0.2) is 41.3 Å². The van der Waals surface area contributed by atoms with E-state index in [4.69, 9.17) is 4.42 Å². The molecule has 2 aromatic heterocycles. The highest BCUT2D eigenvalue weighted by atomic mass is 16.3. The zero-order valence-corrected chi connectivity index (χ0v) is 18.2. The van der Waals surface area contributed by atoms with Crippen molar-refractivity contribution in [2.24, 2.45) is 0 Å². The molecule has 1 N–H and O–H groups in total. The lowest BCUT2D eigenvalue weighted by Crippen LogP contribution is -2.35. The van der Waals surface area contributed by atoms with Gasteiger partial charge in [-0.25, -0.2) is 0 Å². The van der Waals surface area contributed by atoms with E-state index in [-0.39, 0.29) is 17.7 Å². The molecule has 0 aliphatic carbocycles. The number of hydrogen-bond donors (Lipinski definition) is 1. The zero-order chi connectivity index (χ0) is 21.8. The lowest BCUT2D eigenvalue weighted by molar-refractivity contribution is 0.0861. The van der Waals surface area contributed by atoms with Gasteiger partial charge in [-0.1, -0.05) is 12.1 Å². The summed E-state index contributed by atoms with van der Waals surface area (Å²) in [4.78, 5) is 26.9. The van der Waals surface area contributed by atoms with Gasteiger partial charge in [0.15, 0.2) is 5.78 Å². The molecule has 0 bridgehead atoms. The van der Waals surface area contributed by atoms with Crippen LogP contribution in [0.1, 0.15) is 50.4 Å². The first-order valence-corrected chi connectivity index (χ1v) is 10.1. The Hall–Kier alpha value is -3.12. The van der Waals surface area contributed by atoms with Crippen molar-refractivity contribution in [1.29, 1.82) is 0 Å². The number of rotatable bonds is 8. The number of aromatic nitrogens is 1. The maximum atomic E-state index is 13.2. The van der Waals surface area contributed by atoms with Gasteiger partial charge in [-0.15, -0.1) is 0 Å². The van der Waals surface area contributed by atoms with Crippen molar-refractivity contribution in [3.63, 3.8) is 0 Å². The number of benzene rings is 1. The van der Waals surface area contributed by atoms with Crippen LogP contribution in [0.25, 0.3) is 0 Å². The normalized spacial score (nSPS) is 12.2. The molecule has 158 valence electrons. The molecule has 0 aliphatic rings. The van der Waals surface area contributed by atoms with Gasteiger partial charge < -0.3 is 14.3 Å². The molecule has 1 amide bonds. The fourth-order valence-electron chi connectivity index (χ4n) is 3.61. The molecule has 6 heteroatoms. The van der Waals surface area contributed by atoms with Crippen LogP contribution in [0.15, 0.2) is 53.1 Å². The molecule has 0 saturated heterocycles. The zero-order valence-electron chi connectivity index (χ0n) is 18.2. The predicted molar refractivity (Wildman–Crippen MR) is 117 cm³/mol. The molecule has 1 atom stereocenters. The molecule has 30 heavy (non-hydrogen) atoms. The van der Waals surface area contributed by atoms with Gasteiger partial charge >= 0.3 is 0 Å². The van der Waals surface area contributed by atoms with E-state index < -0.39 is 0 Å². The summed E-state index contributed by atoms with van der Waals surface area (Å²) in [6.07, 6.45) is 1.66. The SMILES string of the molecule is CNC(=O)c1ccc(CN(C)[C@H](C)C(=O)c2cc(C)n(Cc3ccco3)c2C)cc1. The second-order valence-corrected chi connectivity index (χ2v) is 7.68. The largest absolute Gasteiger partial charge is 0.467 e. The number of nitrogens with one attached hydrogen (secondary N) is 1. The first-order valence-electron chi connectivity index (χ1n) is 10.1. The van der Waals surface area contributed by atoms with E-state index in [0.29, 0.717) is 18.7 Å². The maximum absolute atomic E-state index is 13.2. The Balaban J connectivity index is 1.71. The number of amides is 1. The minimum absolute atomic E-state index is 0.0956. The number of carbonyl (C=O) groups excluding carboxylic acids is 2. The van der Waals surface area contributed by atoms with Crippen molar-refractivity contribution < 1.29 is 14.0 Å². The average Bonchev–Trinajstić information content (AvgIpc) is 3.36. The standard InChI is InChI=1S/C24H29N3O3/c1-16-13-22(17(2)27(16)15-21-7-6-12-30-21)23(28)18(3)26(5)14-19-8-10-20(11-9-19)24(29)25-4/h6-13,18H,14-15H2,1-5H3,(H,25,29)/t18-/m1/s1. The first-order chi connectivity index (χ1) is 14.3. The van der Waals surface area contributed by atoms with Crippen molar-refractivity contribution >= 4 is 11.7 Å². The average molecular weight is 408 g/mol. The van der Waals surface area contributed by atoms with E-state index in [1.807, 2.05) is 63.1 Å². The minimum Gasteiger partial charge on any atom is -0.467 e. The number of Topliss-reactive ketones (excluding diaryl/α,β-unsaturated/α-hetero) is 1. The van der Waals surface area contributed by atoms with Crippen molar-refractivity contribution in [3.8, 4) is 0 Å². The summed E-state index contributed by atoms with van der Waals surface area (Å²) in [6.45, 7) is 7.15. The fourth-order valence-corrected chi connectivity index (χ4v) is 3.61. The third-order valence-corrected chi connectivity index (χ3v) is 5.65. The highest BCUT2D eigenvalue weighted by molar-refractivity contribution is 6.01. The third kappa shape index (κ3) is 4.54. The molecule has 6 nitrogen and oxygen atoms in total. The van der Waals surface area contributed by atoms with Gasteiger partial charge in [0.1, 0.15) is 5.76 Å². The molecular weight excluding hydrogens is 378 g/mol. The van der Waals surface area contributed by atoms with Crippen molar-refractivity contribution in [2.45, 2.75) is 39.9 Å². The van der Waals surface area contributed by atoms with Crippen LogP contribution < -0.4 is 5.32 Å². The van der Waals surface area contributed by atoms with Crippen LogP contribution in [0.5, 0.6) is 0 Å². The Morgan fingerprint density at radius 3 is 2.47 bits per heavy atom. The van der Waals surface area contributed by atoms with Crippen LogP contribution >= 0.6 is 0 Å². The van der Waals surface area contributed by atoms with E-state index in [9.17, 15) is 9.59 Å². The van der Waals surface area contributed by atoms with Gasteiger partial charge in [0.25, 0.3) is 5.91 Å². The number of likely N-dealkylation sites (N-methyl/N-ethyl adjacent to an activating group) is 1. The number of aryl methyl sites for hydroxylation is 1. The highest BCUT2D eigenvalue weighted by Gasteiger charge is 2.24. The summed E-state index contributed by atoms with van der Waals surface area (Å²) >= 11 is 0. The summed E-state index contributed by atoms with van der Waals surface area (Å²) in [7, 11) is 3.56. The summed E-state index contributed by atoms with van der Waals surface area (Å²) in [5.41, 5.74) is 4.40. The van der Waals surface area contributed by atoms with E-state index in [1.54, 1.807) is 25.4 Å². The molecule has 2 heterocycles. The Bertz CT molecular complexity index is 1020. The predicted octanol–water partition coefficient (Wildman–Crippen LogP) is 3.81. The van der Waals surface area contributed by atoms with Gasteiger partial charge in [0, 0.05) is 36.1 Å². The molecule has 0 fully saturated rings. The topological polar surface area (TPSA) is 67.5 Å².